The Labute approximate surface area is 132 Å². The highest BCUT2D eigenvalue weighted by molar-refractivity contribution is 5.77. The summed E-state index contributed by atoms with van der Waals surface area (Å²) in [6.07, 6.45) is 0.564. The molecule has 1 heterocycles. The van der Waals surface area contributed by atoms with E-state index in [0.717, 1.165) is 19.6 Å². The largest absolute Gasteiger partial charge is 0.367 e. The van der Waals surface area contributed by atoms with Crippen LogP contribution in [0.15, 0.2) is 60.7 Å². The highest BCUT2D eigenvalue weighted by atomic mass is 16.2. The number of amides is 1. The van der Waals surface area contributed by atoms with Crippen LogP contribution in [0.25, 0.3) is 0 Å². The van der Waals surface area contributed by atoms with Gasteiger partial charge < -0.3 is 9.80 Å². The first kappa shape index (κ1) is 14.6. The maximum atomic E-state index is 12.3. The molecular formula is C19H22N2O. The van der Waals surface area contributed by atoms with Gasteiger partial charge >= 0.3 is 0 Å². The monoisotopic (exact) mass is 294 g/mol. The van der Waals surface area contributed by atoms with Crippen molar-refractivity contribution < 1.29 is 4.79 Å². The van der Waals surface area contributed by atoms with E-state index < -0.39 is 0 Å². The van der Waals surface area contributed by atoms with E-state index >= 15 is 0 Å². The summed E-state index contributed by atoms with van der Waals surface area (Å²) in [4.78, 5) is 16.7. The fourth-order valence-corrected chi connectivity index (χ4v) is 3.12. The average Bonchev–Trinajstić information content (AvgIpc) is 2.62. The van der Waals surface area contributed by atoms with E-state index in [1.54, 1.807) is 0 Å². The lowest BCUT2D eigenvalue weighted by atomic mass is 10.0. The standard InChI is InChI=1S/C19H22N2O/c1-2-19(22)21-14-13-20(17-11-7-4-8-12-17)15-18(21)16-9-5-3-6-10-16/h3-12,18H,2,13-15H2,1H3. The molecule has 3 rings (SSSR count). The Bertz CT molecular complexity index is 612. The second-order valence-electron chi connectivity index (χ2n) is 5.65. The molecule has 1 amide bonds. The van der Waals surface area contributed by atoms with Gasteiger partial charge in [-0.1, -0.05) is 55.5 Å². The van der Waals surface area contributed by atoms with E-state index in [1.165, 1.54) is 11.3 Å². The van der Waals surface area contributed by atoms with Crippen LogP contribution in [0.1, 0.15) is 24.9 Å². The number of hydrogen-bond donors (Lipinski definition) is 0. The van der Waals surface area contributed by atoms with Crippen LogP contribution in [0, 0.1) is 0 Å². The lowest BCUT2D eigenvalue weighted by molar-refractivity contribution is -0.133. The maximum Gasteiger partial charge on any atom is 0.222 e. The second kappa shape index (κ2) is 6.65. The van der Waals surface area contributed by atoms with E-state index in [-0.39, 0.29) is 11.9 Å². The molecular weight excluding hydrogens is 272 g/mol. The Hall–Kier alpha value is -2.29. The van der Waals surface area contributed by atoms with Crippen LogP contribution in [0.4, 0.5) is 5.69 Å². The first-order chi connectivity index (χ1) is 10.8. The summed E-state index contributed by atoms with van der Waals surface area (Å²) in [5, 5.41) is 0. The van der Waals surface area contributed by atoms with Crippen molar-refractivity contribution in [1.82, 2.24) is 4.90 Å². The number of benzene rings is 2. The summed E-state index contributed by atoms with van der Waals surface area (Å²) in [5.74, 6) is 0.238. The van der Waals surface area contributed by atoms with E-state index in [4.69, 9.17) is 0 Å². The molecule has 0 bridgehead atoms. The summed E-state index contributed by atoms with van der Waals surface area (Å²) < 4.78 is 0. The van der Waals surface area contributed by atoms with Crippen molar-refractivity contribution in [3.8, 4) is 0 Å². The van der Waals surface area contributed by atoms with E-state index in [9.17, 15) is 4.79 Å². The van der Waals surface area contributed by atoms with Gasteiger partial charge in [0.15, 0.2) is 0 Å². The molecule has 1 aliphatic rings. The van der Waals surface area contributed by atoms with Crippen molar-refractivity contribution in [3.05, 3.63) is 66.2 Å². The third kappa shape index (κ3) is 2.98. The summed E-state index contributed by atoms with van der Waals surface area (Å²) in [7, 11) is 0. The Morgan fingerprint density at radius 2 is 1.64 bits per heavy atom. The lowest BCUT2D eigenvalue weighted by Crippen LogP contribution is -2.50. The third-order valence-corrected chi connectivity index (χ3v) is 4.31. The van der Waals surface area contributed by atoms with Gasteiger partial charge in [-0.3, -0.25) is 4.79 Å². The molecule has 1 saturated heterocycles. The van der Waals surface area contributed by atoms with Gasteiger partial charge in [0, 0.05) is 31.7 Å². The van der Waals surface area contributed by atoms with Crippen LogP contribution >= 0.6 is 0 Å². The zero-order chi connectivity index (χ0) is 15.4. The lowest BCUT2D eigenvalue weighted by Gasteiger charge is -2.42. The SMILES string of the molecule is CCC(=O)N1CCN(c2ccccc2)CC1c1ccccc1. The normalized spacial score (nSPS) is 18.3. The predicted octanol–water partition coefficient (Wildman–Crippen LogP) is 3.49. The van der Waals surface area contributed by atoms with Crippen LogP contribution in [0.5, 0.6) is 0 Å². The second-order valence-corrected chi connectivity index (χ2v) is 5.65. The predicted molar refractivity (Wildman–Crippen MR) is 89.8 cm³/mol. The molecule has 2 aromatic carbocycles. The van der Waals surface area contributed by atoms with Crippen LogP contribution in [-0.4, -0.2) is 30.4 Å². The molecule has 114 valence electrons. The minimum atomic E-state index is 0.127. The van der Waals surface area contributed by atoms with Crippen molar-refractivity contribution in [2.45, 2.75) is 19.4 Å². The Kier molecular flexibility index (Phi) is 4.42. The molecule has 0 radical (unpaired) electrons. The molecule has 1 aliphatic heterocycles. The smallest absolute Gasteiger partial charge is 0.222 e. The van der Waals surface area contributed by atoms with E-state index in [2.05, 4.69) is 41.3 Å². The molecule has 0 aromatic heterocycles. The van der Waals surface area contributed by atoms with Crippen LogP contribution in [0.3, 0.4) is 0 Å². The molecule has 0 aliphatic carbocycles. The van der Waals surface area contributed by atoms with Crippen LogP contribution in [-0.2, 0) is 4.79 Å². The van der Waals surface area contributed by atoms with Gasteiger partial charge in [0.05, 0.1) is 6.04 Å². The fourth-order valence-electron chi connectivity index (χ4n) is 3.12. The molecule has 0 saturated carbocycles. The minimum absolute atomic E-state index is 0.127. The number of anilines is 1. The van der Waals surface area contributed by atoms with Gasteiger partial charge in [-0.05, 0) is 17.7 Å². The first-order valence-corrected chi connectivity index (χ1v) is 7.94. The van der Waals surface area contributed by atoms with Crippen molar-refractivity contribution in [2.24, 2.45) is 0 Å². The van der Waals surface area contributed by atoms with Crippen LogP contribution in [0.2, 0.25) is 0 Å². The van der Waals surface area contributed by atoms with Gasteiger partial charge in [-0.25, -0.2) is 0 Å². The van der Waals surface area contributed by atoms with Crippen LogP contribution < -0.4 is 4.90 Å². The molecule has 2 aromatic rings. The molecule has 3 heteroatoms. The number of carbonyl (C=O) groups is 1. The molecule has 3 nitrogen and oxygen atoms in total. The summed E-state index contributed by atoms with van der Waals surface area (Å²) in [6.45, 7) is 4.45. The average molecular weight is 294 g/mol. The molecule has 1 unspecified atom stereocenters. The van der Waals surface area contributed by atoms with E-state index in [0.29, 0.717) is 6.42 Å². The molecule has 1 atom stereocenters. The fraction of sp³-hybridized carbons (Fsp3) is 0.316. The topological polar surface area (TPSA) is 23.6 Å². The van der Waals surface area contributed by atoms with Gasteiger partial charge in [-0.2, -0.15) is 0 Å². The quantitative estimate of drug-likeness (QED) is 0.865. The first-order valence-electron chi connectivity index (χ1n) is 7.94. The van der Waals surface area contributed by atoms with Crippen molar-refractivity contribution in [2.75, 3.05) is 24.5 Å². The number of piperazine rings is 1. The zero-order valence-corrected chi connectivity index (χ0v) is 13.0. The van der Waals surface area contributed by atoms with Gasteiger partial charge in [0.25, 0.3) is 0 Å². The highest BCUT2D eigenvalue weighted by Crippen LogP contribution is 2.28. The Morgan fingerprint density at radius 3 is 2.27 bits per heavy atom. The number of rotatable bonds is 3. The van der Waals surface area contributed by atoms with Gasteiger partial charge in [0.1, 0.15) is 0 Å². The highest BCUT2D eigenvalue weighted by Gasteiger charge is 2.30. The van der Waals surface area contributed by atoms with Crippen molar-refractivity contribution in [3.63, 3.8) is 0 Å². The molecule has 0 N–H and O–H groups in total. The van der Waals surface area contributed by atoms with Gasteiger partial charge in [-0.15, -0.1) is 0 Å². The third-order valence-electron chi connectivity index (χ3n) is 4.31. The van der Waals surface area contributed by atoms with Crippen molar-refractivity contribution >= 4 is 11.6 Å². The maximum absolute atomic E-state index is 12.3. The number of nitrogens with zero attached hydrogens (tertiary/aromatic N) is 2. The summed E-state index contributed by atoms with van der Waals surface area (Å²) in [6, 6.07) is 20.9. The molecule has 22 heavy (non-hydrogen) atoms. The van der Waals surface area contributed by atoms with Crippen molar-refractivity contribution in [1.29, 1.82) is 0 Å². The Balaban J connectivity index is 1.87. The summed E-state index contributed by atoms with van der Waals surface area (Å²) in [5.41, 5.74) is 2.44. The Morgan fingerprint density at radius 1 is 1.00 bits per heavy atom. The number of carbonyl (C=O) groups excluding carboxylic acids is 1. The van der Waals surface area contributed by atoms with Gasteiger partial charge in [0.2, 0.25) is 5.91 Å². The summed E-state index contributed by atoms with van der Waals surface area (Å²) >= 11 is 0. The molecule has 1 fully saturated rings. The van der Waals surface area contributed by atoms with E-state index in [1.807, 2.05) is 36.1 Å². The zero-order valence-electron chi connectivity index (χ0n) is 13.0. The minimum Gasteiger partial charge on any atom is -0.367 e. The number of hydrogen-bond acceptors (Lipinski definition) is 2. The number of para-hydroxylation sites is 1. The molecule has 0 spiro atoms.